The Balaban J connectivity index is 0.000000214. The molecule has 0 radical (unpaired) electrons. The van der Waals surface area contributed by atoms with Crippen molar-refractivity contribution in [1.29, 1.82) is 0 Å². The average Bonchev–Trinajstić information content (AvgIpc) is 3.70. The summed E-state index contributed by atoms with van der Waals surface area (Å²) in [5.74, 6) is 0.818. The first-order valence-electron chi connectivity index (χ1n) is 16.7. The number of hydrogen-bond acceptors (Lipinski definition) is 13. The summed E-state index contributed by atoms with van der Waals surface area (Å²) in [6.07, 6.45) is -1.26. The zero-order valence-electron chi connectivity index (χ0n) is 31.0. The lowest BCUT2D eigenvalue weighted by atomic mass is 10.2. The van der Waals surface area contributed by atoms with Crippen molar-refractivity contribution < 1.29 is 33.3 Å². The average molecular weight is 857 g/mol. The highest BCUT2D eigenvalue weighted by Gasteiger charge is 2.28. The first-order valence-corrected chi connectivity index (χ1v) is 18.5. The van der Waals surface area contributed by atoms with E-state index in [1.807, 2.05) is 60.7 Å². The minimum atomic E-state index is -0.753. The van der Waals surface area contributed by atoms with Crippen LogP contribution in [0.2, 0.25) is 10.3 Å². The molecule has 0 saturated carbocycles. The number of alkyl halides is 1. The first-order chi connectivity index (χ1) is 26.0. The molecule has 0 saturated heterocycles. The van der Waals surface area contributed by atoms with Crippen LogP contribution < -0.4 is 0 Å². The van der Waals surface area contributed by atoms with Crippen LogP contribution >= 0.6 is 39.1 Å². The molecule has 0 amide bonds. The van der Waals surface area contributed by atoms with Crippen LogP contribution in [0.25, 0.3) is 45.1 Å². The Labute approximate surface area is 334 Å². The van der Waals surface area contributed by atoms with E-state index in [4.69, 9.17) is 37.4 Å². The van der Waals surface area contributed by atoms with Crippen LogP contribution in [0.5, 0.6) is 0 Å². The molecule has 4 heterocycles. The molecular formula is C37H37BrCl2N8O7. The third-order valence-electron chi connectivity index (χ3n) is 7.08. The fourth-order valence-corrected chi connectivity index (χ4v) is 5.63. The molecule has 0 spiro atoms. The number of hydrogen-bond donors (Lipinski definition) is 0. The molecule has 0 fully saturated rings. The Bertz CT molecular complexity index is 2340. The van der Waals surface area contributed by atoms with Gasteiger partial charge in [-0.2, -0.15) is 0 Å². The van der Waals surface area contributed by atoms with E-state index >= 15 is 0 Å². The van der Waals surface area contributed by atoms with Gasteiger partial charge < -0.3 is 18.9 Å². The number of ether oxygens (including phenoxy) is 4. The van der Waals surface area contributed by atoms with E-state index < -0.39 is 29.4 Å². The molecular weight excluding hydrogens is 819 g/mol. The van der Waals surface area contributed by atoms with E-state index in [1.165, 1.54) is 16.2 Å². The summed E-state index contributed by atoms with van der Waals surface area (Å²) in [5.41, 5.74) is 1.21. The molecule has 0 N–H and O–H groups in total. The lowest BCUT2D eigenvalue weighted by Gasteiger charge is -2.20. The van der Waals surface area contributed by atoms with Crippen molar-refractivity contribution in [3.05, 3.63) is 82.6 Å². The van der Waals surface area contributed by atoms with Crippen molar-refractivity contribution in [3.8, 4) is 22.8 Å². The normalized spacial score (nSPS) is 11.6. The zero-order valence-corrected chi connectivity index (χ0v) is 34.1. The fraction of sp³-hybridized carbons (Fsp3) is 0.324. The molecule has 288 valence electrons. The van der Waals surface area contributed by atoms with Crippen molar-refractivity contribution in [2.24, 2.45) is 0 Å². The van der Waals surface area contributed by atoms with Gasteiger partial charge in [0.05, 0.1) is 12.4 Å². The van der Waals surface area contributed by atoms with E-state index in [-0.39, 0.29) is 40.5 Å². The van der Waals surface area contributed by atoms with E-state index in [9.17, 15) is 14.4 Å². The van der Waals surface area contributed by atoms with Crippen molar-refractivity contribution >= 4 is 79.6 Å². The molecule has 0 aliphatic carbocycles. The maximum absolute atomic E-state index is 12.9. The Morgan fingerprint density at radius 1 is 0.655 bits per heavy atom. The van der Waals surface area contributed by atoms with Gasteiger partial charge in [-0.15, -0.1) is 0 Å². The molecule has 55 heavy (non-hydrogen) atoms. The summed E-state index contributed by atoms with van der Waals surface area (Å²) < 4.78 is 23.4. The Morgan fingerprint density at radius 3 is 1.47 bits per heavy atom. The predicted octanol–water partition coefficient (Wildman–Crippen LogP) is 8.44. The van der Waals surface area contributed by atoms with Crippen LogP contribution in [-0.2, 0) is 35.7 Å². The van der Waals surface area contributed by atoms with Gasteiger partial charge in [-0.3, -0.25) is 0 Å². The van der Waals surface area contributed by atoms with Gasteiger partial charge in [0.25, 0.3) is 0 Å². The minimum absolute atomic E-state index is 0.0791. The van der Waals surface area contributed by atoms with Gasteiger partial charge in [-0.1, -0.05) is 99.8 Å². The van der Waals surface area contributed by atoms with Gasteiger partial charge >= 0.3 is 18.2 Å². The zero-order chi connectivity index (χ0) is 40.1. The maximum Gasteiger partial charge on any atom is 0.421 e. The number of methoxy groups -OCH3 is 1. The van der Waals surface area contributed by atoms with E-state index in [2.05, 4.69) is 50.6 Å². The predicted molar refractivity (Wildman–Crippen MR) is 209 cm³/mol. The molecule has 4 aromatic heterocycles. The number of nitrogens with zero attached hydrogens (tertiary/aromatic N) is 8. The number of imidazole rings is 2. The Morgan fingerprint density at radius 2 is 1.07 bits per heavy atom. The SMILES string of the molecule is CC(C)(C)OC(=O)n1c(CBr)nc2c(Cl)nc(-c3ccccc3)nc21.COC(=O)COCc1nc2c(Cl)nc(-c3ccccc3)nc2n1C(=O)OC(C)(C)C. The van der Waals surface area contributed by atoms with Gasteiger partial charge in [-0.25, -0.2) is 53.4 Å². The fourth-order valence-electron chi connectivity index (χ4n) is 4.84. The molecule has 0 atom stereocenters. The summed E-state index contributed by atoms with van der Waals surface area (Å²) in [5, 5.41) is 0.614. The standard InChI is InChI=1S/C20H21ClN4O5.C17H16BrClN4O2/c1-20(2,3)30-19(27)25-13(10-29-11-14(26)28-4)22-15-16(21)23-17(24-18(15)25)12-8-6-5-7-9-12;1-17(2,3)25-16(24)23-11(9-18)20-12-13(19)21-14(22-15(12)23)10-7-5-4-6-8-10/h5-9H,10-11H2,1-4H3;4-8H,9H2,1-3H3. The van der Waals surface area contributed by atoms with Crippen molar-refractivity contribution in [1.82, 2.24) is 39.0 Å². The highest BCUT2D eigenvalue weighted by Crippen LogP contribution is 2.28. The van der Waals surface area contributed by atoms with Gasteiger partial charge in [0, 0.05) is 11.1 Å². The number of carbonyl (C=O) groups is 3. The number of benzene rings is 2. The molecule has 6 rings (SSSR count). The van der Waals surface area contributed by atoms with Gasteiger partial charge in [-0.05, 0) is 41.5 Å². The molecule has 0 aliphatic rings. The quantitative estimate of drug-likeness (QED) is 0.0648. The summed E-state index contributed by atoms with van der Waals surface area (Å²) in [6, 6.07) is 18.6. The lowest BCUT2D eigenvalue weighted by Crippen LogP contribution is -2.28. The minimum Gasteiger partial charge on any atom is -0.467 e. The summed E-state index contributed by atoms with van der Waals surface area (Å²) in [7, 11) is 1.25. The van der Waals surface area contributed by atoms with Crippen LogP contribution in [-0.4, -0.2) is 82.1 Å². The highest BCUT2D eigenvalue weighted by atomic mass is 79.9. The molecule has 0 aliphatic heterocycles. The third kappa shape index (κ3) is 10.2. The smallest absolute Gasteiger partial charge is 0.421 e. The number of carbonyl (C=O) groups excluding carboxylic acids is 3. The largest absolute Gasteiger partial charge is 0.467 e. The van der Waals surface area contributed by atoms with E-state index in [0.29, 0.717) is 34.0 Å². The second-order valence-corrected chi connectivity index (χ2v) is 14.9. The molecule has 15 nitrogen and oxygen atoms in total. The molecule has 2 aromatic carbocycles. The van der Waals surface area contributed by atoms with Crippen molar-refractivity contribution in [2.45, 2.75) is 64.7 Å². The maximum atomic E-state index is 12.9. The highest BCUT2D eigenvalue weighted by molar-refractivity contribution is 9.08. The van der Waals surface area contributed by atoms with Gasteiger partial charge in [0.1, 0.15) is 47.1 Å². The first kappa shape index (κ1) is 41.1. The van der Waals surface area contributed by atoms with Crippen LogP contribution in [0.4, 0.5) is 9.59 Å². The van der Waals surface area contributed by atoms with Crippen molar-refractivity contribution in [3.63, 3.8) is 0 Å². The topological polar surface area (TPSA) is 175 Å². The Hall–Kier alpha value is -5.03. The Kier molecular flexibility index (Phi) is 12.9. The molecule has 6 aromatic rings. The van der Waals surface area contributed by atoms with E-state index in [1.54, 1.807) is 41.5 Å². The van der Waals surface area contributed by atoms with E-state index in [0.717, 1.165) is 11.1 Å². The summed E-state index contributed by atoms with van der Waals surface area (Å²) in [6.45, 7) is 10.2. The second kappa shape index (κ2) is 17.2. The van der Waals surface area contributed by atoms with Crippen molar-refractivity contribution in [2.75, 3.05) is 13.7 Å². The van der Waals surface area contributed by atoms with Crippen LogP contribution in [0.1, 0.15) is 53.2 Å². The van der Waals surface area contributed by atoms with Crippen LogP contribution in [0, 0.1) is 0 Å². The summed E-state index contributed by atoms with van der Waals surface area (Å²) in [4.78, 5) is 63.2. The molecule has 0 bridgehead atoms. The molecule has 0 unspecified atom stereocenters. The number of halogens is 3. The lowest BCUT2D eigenvalue weighted by molar-refractivity contribution is -0.146. The monoisotopic (exact) mass is 854 g/mol. The number of esters is 1. The number of aromatic nitrogens is 8. The number of fused-ring (bicyclic) bond motifs is 2. The second-order valence-electron chi connectivity index (χ2n) is 13.6. The summed E-state index contributed by atoms with van der Waals surface area (Å²) >= 11 is 16.0. The van der Waals surface area contributed by atoms with Gasteiger partial charge in [0.15, 0.2) is 33.2 Å². The third-order valence-corrected chi connectivity index (χ3v) is 8.11. The van der Waals surface area contributed by atoms with Crippen LogP contribution in [0.15, 0.2) is 60.7 Å². The number of rotatable bonds is 7. The van der Waals surface area contributed by atoms with Gasteiger partial charge in [0.2, 0.25) is 0 Å². The van der Waals surface area contributed by atoms with Crippen LogP contribution in [0.3, 0.4) is 0 Å². The molecule has 18 heteroatoms.